The lowest BCUT2D eigenvalue weighted by atomic mass is 9.33. The van der Waals surface area contributed by atoms with Crippen molar-refractivity contribution in [3.05, 3.63) is 173 Å². The van der Waals surface area contributed by atoms with Gasteiger partial charge in [0.25, 0.3) is 6.71 Å². The highest BCUT2D eigenvalue weighted by Gasteiger charge is 2.49. The second-order valence-corrected chi connectivity index (χ2v) is 21.4. The SMILES string of the molecule is Cc1cc2c3c(c1)N(c1ccc(-c4ccccc4)cc1C)c1cc(-c4ccccc4)ccc1B3c1cc3c(cc1N2c1ccc2c(c1)C(C)(C)CC2(C)C)C(C)(C)CC3(C)C. The molecule has 302 valence electrons. The van der Waals surface area contributed by atoms with Crippen LogP contribution in [0.3, 0.4) is 0 Å². The van der Waals surface area contributed by atoms with E-state index in [2.05, 4.69) is 219 Å². The fourth-order valence-corrected chi connectivity index (χ4v) is 12.8. The maximum absolute atomic E-state index is 2.66. The third-order valence-corrected chi connectivity index (χ3v) is 14.9. The average molecular weight is 793 g/mol. The van der Waals surface area contributed by atoms with Crippen LogP contribution < -0.4 is 26.2 Å². The van der Waals surface area contributed by atoms with E-state index >= 15 is 0 Å². The van der Waals surface area contributed by atoms with Gasteiger partial charge in [0, 0.05) is 34.1 Å². The third-order valence-electron chi connectivity index (χ3n) is 14.9. The fourth-order valence-electron chi connectivity index (χ4n) is 12.8. The quantitative estimate of drug-likeness (QED) is 0.164. The first kappa shape index (κ1) is 38.2. The summed E-state index contributed by atoms with van der Waals surface area (Å²) < 4.78 is 0. The maximum Gasteiger partial charge on any atom is 0.252 e. The zero-order valence-corrected chi connectivity index (χ0v) is 37.7. The summed E-state index contributed by atoms with van der Waals surface area (Å²) >= 11 is 0. The highest BCUT2D eigenvalue weighted by molar-refractivity contribution is 7.00. The highest BCUT2D eigenvalue weighted by atomic mass is 15.2. The summed E-state index contributed by atoms with van der Waals surface area (Å²) in [6.45, 7) is 24.2. The number of rotatable bonds is 4. The Hall–Kier alpha value is -5.80. The lowest BCUT2D eigenvalue weighted by molar-refractivity contribution is 0.403. The van der Waals surface area contributed by atoms with E-state index < -0.39 is 0 Å². The van der Waals surface area contributed by atoms with Gasteiger partial charge < -0.3 is 9.80 Å². The zero-order chi connectivity index (χ0) is 42.4. The topological polar surface area (TPSA) is 6.48 Å². The Bertz CT molecular complexity index is 2950. The van der Waals surface area contributed by atoms with Crippen molar-refractivity contribution in [3.63, 3.8) is 0 Å². The Morgan fingerprint density at radius 2 is 0.918 bits per heavy atom. The lowest BCUT2D eigenvalue weighted by Crippen LogP contribution is -2.61. The van der Waals surface area contributed by atoms with Crippen LogP contribution in [-0.4, -0.2) is 6.71 Å². The van der Waals surface area contributed by atoms with Gasteiger partial charge in [-0.3, -0.25) is 0 Å². The summed E-state index contributed by atoms with van der Waals surface area (Å²) in [7, 11) is 0. The molecule has 0 bridgehead atoms. The van der Waals surface area contributed by atoms with Crippen LogP contribution in [0.25, 0.3) is 22.3 Å². The van der Waals surface area contributed by atoms with E-state index in [0.717, 1.165) is 12.8 Å². The van der Waals surface area contributed by atoms with Crippen molar-refractivity contribution in [2.75, 3.05) is 9.80 Å². The van der Waals surface area contributed by atoms with E-state index in [1.807, 2.05) is 0 Å². The average Bonchev–Trinajstić information content (AvgIpc) is 3.54. The van der Waals surface area contributed by atoms with E-state index in [4.69, 9.17) is 0 Å². The Morgan fingerprint density at radius 1 is 0.393 bits per heavy atom. The Kier molecular flexibility index (Phi) is 8.05. The molecule has 0 fully saturated rings. The predicted octanol–water partition coefficient (Wildman–Crippen LogP) is 13.6. The van der Waals surface area contributed by atoms with E-state index in [1.54, 1.807) is 0 Å². The van der Waals surface area contributed by atoms with E-state index in [0.29, 0.717) is 0 Å². The van der Waals surface area contributed by atoms with Crippen LogP contribution >= 0.6 is 0 Å². The molecule has 0 atom stereocenters. The van der Waals surface area contributed by atoms with Gasteiger partial charge in [0.2, 0.25) is 0 Å². The second kappa shape index (κ2) is 12.9. The van der Waals surface area contributed by atoms with E-state index in [9.17, 15) is 0 Å². The molecule has 2 heterocycles. The van der Waals surface area contributed by atoms with Gasteiger partial charge in [-0.25, -0.2) is 0 Å². The zero-order valence-electron chi connectivity index (χ0n) is 37.7. The molecule has 0 unspecified atom stereocenters. The van der Waals surface area contributed by atoms with Crippen LogP contribution in [0.1, 0.15) is 102 Å². The van der Waals surface area contributed by atoms with Crippen molar-refractivity contribution in [1.82, 2.24) is 0 Å². The van der Waals surface area contributed by atoms with Gasteiger partial charge in [-0.2, -0.15) is 0 Å². The summed E-state index contributed by atoms with van der Waals surface area (Å²) in [5, 5.41) is 0. The number of hydrogen-bond acceptors (Lipinski definition) is 2. The van der Waals surface area contributed by atoms with Crippen molar-refractivity contribution in [1.29, 1.82) is 0 Å². The molecule has 61 heavy (non-hydrogen) atoms. The Labute approximate surface area is 364 Å². The molecule has 2 aliphatic heterocycles. The summed E-state index contributed by atoms with van der Waals surface area (Å²) in [5.74, 6) is 0. The van der Waals surface area contributed by atoms with Crippen LogP contribution in [0.2, 0.25) is 0 Å². The normalized spacial score (nSPS) is 18.0. The molecule has 7 aromatic rings. The van der Waals surface area contributed by atoms with Crippen LogP contribution in [0, 0.1) is 13.8 Å². The van der Waals surface area contributed by atoms with Crippen LogP contribution in [0.4, 0.5) is 34.1 Å². The molecule has 2 aliphatic carbocycles. The lowest BCUT2D eigenvalue weighted by Gasteiger charge is -2.45. The van der Waals surface area contributed by atoms with Gasteiger partial charge in [-0.1, -0.05) is 146 Å². The molecule has 0 amide bonds. The van der Waals surface area contributed by atoms with E-state index in [-0.39, 0.29) is 28.4 Å². The predicted molar refractivity (Wildman–Crippen MR) is 262 cm³/mol. The molecular weight excluding hydrogens is 735 g/mol. The summed E-state index contributed by atoms with van der Waals surface area (Å²) in [4.78, 5) is 5.26. The smallest absolute Gasteiger partial charge is 0.252 e. The van der Waals surface area contributed by atoms with Crippen molar-refractivity contribution in [2.45, 2.75) is 104 Å². The van der Waals surface area contributed by atoms with Gasteiger partial charge in [0.1, 0.15) is 0 Å². The molecule has 0 radical (unpaired) electrons. The number of fused-ring (bicyclic) bond motifs is 6. The van der Waals surface area contributed by atoms with Crippen LogP contribution in [0.5, 0.6) is 0 Å². The molecule has 0 saturated carbocycles. The molecule has 0 saturated heterocycles. The summed E-state index contributed by atoms with van der Waals surface area (Å²) in [6, 6.07) is 53.7. The minimum absolute atomic E-state index is 0.0615. The largest absolute Gasteiger partial charge is 0.311 e. The molecule has 0 aromatic heterocycles. The molecular formula is C58H57BN2. The Morgan fingerprint density at radius 3 is 1.54 bits per heavy atom. The first-order valence-electron chi connectivity index (χ1n) is 22.5. The number of hydrogen-bond donors (Lipinski definition) is 0. The van der Waals surface area contributed by atoms with Gasteiger partial charge >= 0.3 is 0 Å². The monoisotopic (exact) mass is 792 g/mol. The van der Waals surface area contributed by atoms with Crippen LogP contribution in [-0.2, 0) is 21.7 Å². The molecule has 3 heteroatoms. The molecule has 4 aliphatic rings. The summed E-state index contributed by atoms with van der Waals surface area (Å²) in [5.41, 5.74) is 25.5. The van der Waals surface area contributed by atoms with Gasteiger partial charge in [0.05, 0.1) is 0 Å². The standard InChI is InChI=1S/C58H57BN2/c1-36-27-52-54-53(28-36)61(49-26-22-40(29-37(49)2)38-17-13-11-14-18-38)50-30-41(39-19-15-12-16-20-39)21-25-47(50)59(54)48-32-45-46(58(9,10)35-57(45,7)8)33-51(48)60(52)42-23-24-43-44(31-42)56(5,6)34-55(43,3)4/h11-33H,34-35H2,1-10H3. The third kappa shape index (κ3) is 5.68. The van der Waals surface area contributed by atoms with E-state index in [1.165, 1.54) is 106 Å². The fraction of sp³-hybridized carbons (Fsp3) is 0.276. The number of aryl methyl sites for hydroxylation is 2. The molecule has 0 N–H and O–H groups in total. The minimum Gasteiger partial charge on any atom is -0.311 e. The number of nitrogens with zero attached hydrogens (tertiary/aromatic N) is 2. The second-order valence-electron chi connectivity index (χ2n) is 21.4. The van der Waals surface area contributed by atoms with Crippen molar-refractivity contribution in [3.8, 4) is 22.3 Å². The van der Waals surface area contributed by atoms with Crippen molar-refractivity contribution < 1.29 is 0 Å². The van der Waals surface area contributed by atoms with Gasteiger partial charge in [0.15, 0.2) is 0 Å². The van der Waals surface area contributed by atoms with Gasteiger partial charge in [-0.15, -0.1) is 0 Å². The maximum atomic E-state index is 2.66. The minimum atomic E-state index is 0.0615. The molecule has 0 spiro atoms. The summed E-state index contributed by atoms with van der Waals surface area (Å²) in [6.07, 6.45) is 2.28. The first-order valence-corrected chi connectivity index (χ1v) is 22.5. The Balaban J connectivity index is 1.22. The van der Waals surface area contributed by atoms with Crippen LogP contribution in [0.15, 0.2) is 140 Å². The molecule has 7 aromatic carbocycles. The molecule has 2 nitrogen and oxygen atoms in total. The number of anilines is 6. The highest BCUT2D eigenvalue weighted by Crippen LogP contribution is 2.55. The van der Waals surface area contributed by atoms with Gasteiger partial charge in [-0.05, 0) is 169 Å². The molecule has 11 rings (SSSR count). The van der Waals surface area contributed by atoms with Crippen molar-refractivity contribution >= 4 is 57.2 Å². The number of benzene rings is 7. The van der Waals surface area contributed by atoms with Crippen molar-refractivity contribution in [2.24, 2.45) is 0 Å². The first-order chi connectivity index (χ1) is 29.0.